The van der Waals surface area contributed by atoms with Crippen molar-refractivity contribution in [3.05, 3.63) is 70.3 Å². The van der Waals surface area contributed by atoms with Crippen LogP contribution in [0.4, 0.5) is 10.5 Å². The van der Waals surface area contributed by atoms with Crippen LogP contribution in [0, 0.1) is 16.0 Å². The molecule has 0 saturated carbocycles. The molecule has 2 aromatic carbocycles. The van der Waals surface area contributed by atoms with Crippen LogP contribution in [0.15, 0.2) is 59.5 Å². The van der Waals surface area contributed by atoms with Gasteiger partial charge < -0.3 is 15.5 Å². The molecule has 2 aromatic rings. The molecule has 0 unspecified atom stereocenters. The number of hydrogen-bond donors (Lipinski definition) is 3. The zero-order chi connectivity index (χ0) is 31.6. The molecule has 0 aliphatic carbocycles. The average Bonchev–Trinajstić information content (AvgIpc) is 2.84. The first-order valence-electron chi connectivity index (χ1n) is 13.6. The van der Waals surface area contributed by atoms with Gasteiger partial charge in [0.25, 0.3) is 5.69 Å². The van der Waals surface area contributed by atoms with Gasteiger partial charge in [-0.2, -0.15) is 4.31 Å². The van der Waals surface area contributed by atoms with Gasteiger partial charge in [0, 0.05) is 37.5 Å². The van der Waals surface area contributed by atoms with Crippen LogP contribution in [0.2, 0.25) is 0 Å². The molecular formula is C21H27N3O7S. The normalized spacial score (nSPS) is 19.4. The Morgan fingerprint density at radius 1 is 1.25 bits per heavy atom. The Morgan fingerprint density at radius 2 is 1.88 bits per heavy atom. The van der Waals surface area contributed by atoms with Gasteiger partial charge in [-0.25, -0.2) is 13.2 Å². The first kappa shape index (κ1) is 14.9. The SMILES string of the molecule is [2H]C([2H])([2H])C([2H])(C([2H])([2H])[2H])C([2H])([2H])N(C[C@@H](O)[C@H](Cc1ccccc1)NC(=O)O)S(=O)(=O)c1ccc([N+](=O)[O-])cc1. The molecule has 174 valence electrons. The number of benzene rings is 2. The monoisotopic (exact) mass is 474 g/mol. The number of nitro groups is 1. The van der Waals surface area contributed by atoms with E-state index in [1.807, 2.05) is 5.32 Å². The lowest BCUT2D eigenvalue weighted by Crippen LogP contribution is -2.50. The number of aliphatic hydroxyl groups excluding tert-OH is 1. The van der Waals surface area contributed by atoms with E-state index in [9.17, 15) is 33.5 Å². The fourth-order valence-corrected chi connectivity index (χ4v) is 4.10. The molecule has 2 rings (SSSR count). The summed E-state index contributed by atoms with van der Waals surface area (Å²) in [6.45, 7) is -13.4. The summed E-state index contributed by atoms with van der Waals surface area (Å²) in [5.41, 5.74) is -0.107. The molecule has 11 heteroatoms. The maximum absolute atomic E-state index is 13.7. The van der Waals surface area contributed by atoms with Crippen LogP contribution in [-0.2, 0) is 16.4 Å². The molecule has 0 bridgehead atoms. The topological polar surface area (TPSA) is 150 Å². The molecule has 3 N–H and O–H groups in total. The molecule has 0 aliphatic rings. The van der Waals surface area contributed by atoms with E-state index in [1.165, 1.54) is 0 Å². The third kappa shape index (κ3) is 7.01. The molecule has 0 aromatic heterocycles. The lowest BCUT2D eigenvalue weighted by Gasteiger charge is -2.30. The van der Waals surface area contributed by atoms with Crippen LogP contribution in [0.1, 0.15) is 31.6 Å². The van der Waals surface area contributed by atoms with Crippen molar-refractivity contribution in [2.24, 2.45) is 5.89 Å². The maximum Gasteiger partial charge on any atom is 0.404 e. The number of aliphatic hydroxyl groups is 1. The van der Waals surface area contributed by atoms with Crippen LogP contribution >= 0.6 is 0 Å². The van der Waals surface area contributed by atoms with Gasteiger partial charge in [-0.15, -0.1) is 0 Å². The van der Waals surface area contributed by atoms with Crippen LogP contribution in [0.25, 0.3) is 0 Å². The zero-order valence-electron chi connectivity index (χ0n) is 25.5. The van der Waals surface area contributed by atoms with Gasteiger partial charge in [-0.3, -0.25) is 10.1 Å². The number of nitro benzene ring substituents is 1. The lowest BCUT2D eigenvalue weighted by molar-refractivity contribution is -0.384. The summed E-state index contributed by atoms with van der Waals surface area (Å²) in [6.07, 6.45) is -4.03. The third-order valence-corrected chi connectivity index (χ3v) is 5.99. The largest absolute Gasteiger partial charge is 0.465 e. The zero-order valence-corrected chi connectivity index (χ0v) is 17.3. The van der Waals surface area contributed by atoms with E-state index in [2.05, 4.69) is 0 Å². The van der Waals surface area contributed by atoms with Crippen molar-refractivity contribution in [1.82, 2.24) is 9.62 Å². The fourth-order valence-electron chi connectivity index (χ4n) is 2.80. The van der Waals surface area contributed by atoms with Gasteiger partial charge in [0.15, 0.2) is 0 Å². The number of hydrogen-bond acceptors (Lipinski definition) is 6. The maximum atomic E-state index is 13.7. The van der Waals surface area contributed by atoms with E-state index in [1.54, 1.807) is 30.3 Å². The first-order chi connectivity index (χ1) is 18.6. The Hall–Kier alpha value is -3.02. The standard InChI is InChI=1S/C21H27N3O7S/c1-15(2)13-23(32(30,31)18-10-8-17(9-11-18)24(28)29)14-20(25)19(22-21(26)27)12-16-6-4-3-5-7-16/h3-11,15,19-20,22,25H,12-14H2,1-2H3,(H,26,27)/t19-,20+/m0/s1/i1D3,2D3,13D2,15D. The minimum absolute atomic E-state index is 0.257. The minimum Gasteiger partial charge on any atom is -0.465 e. The fraction of sp³-hybridized carbons (Fsp3) is 0.381. The van der Waals surface area contributed by atoms with Crippen molar-refractivity contribution in [3.8, 4) is 0 Å². The number of nitrogens with one attached hydrogen (secondary N) is 1. The van der Waals surface area contributed by atoms with Crippen molar-refractivity contribution in [2.75, 3.05) is 13.0 Å². The molecule has 0 saturated heterocycles. The molecule has 2 atom stereocenters. The molecule has 0 spiro atoms. The van der Waals surface area contributed by atoms with E-state index in [0.717, 1.165) is 12.1 Å². The Kier molecular flexibility index (Phi) is 5.14. The molecule has 0 aliphatic heterocycles. The Bertz CT molecular complexity index is 1330. The second kappa shape index (κ2) is 11.0. The molecule has 0 heterocycles. The Morgan fingerprint density at radius 3 is 2.41 bits per heavy atom. The summed E-state index contributed by atoms with van der Waals surface area (Å²) >= 11 is 0. The van der Waals surface area contributed by atoms with Gasteiger partial charge >= 0.3 is 6.09 Å². The number of non-ortho nitro benzene ring substituents is 1. The number of carbonyl (C=O) groups is 1. The van der Waals surface area contributed by atoms with Crippen molar-refractivity contribution >= 4 is 21.8 Å². The third-order valence-electron chi connectivity index (χ3n) is 4.30. The van der Waals surface area contributed by atoms with Crippen LogP contribution in [0.3, 0.4) is 0 Å². The van der Waals surface area contributed by atoms with Crippen LogP contribution in [-0.4, -0.2) is 59.1 Å². The van der Waals surface area contributed by atoms with Crippen molar-refractivity contribution in [3.63, 3.8) is 0 Å². The highest BCUT2D eigenvalue weighted by atomic mass is 32.2. The smallest absolute Gasteiger partial charge is 0.404 e. The number of nitrogens with zero attached hydrogens (tertiary/aromatic N) is 2. The number of amides is 1. The van der Waals surface area contributed by atoms with Gasteiger partial charge in [-0.1, -0.05) is 44.0 Å². The molecular weight excluding hydrogens is 438 g/mol. The molecule has 0 radical (unpaired) electrons. The van der Waals surface area contributed by atoms with E-state index < -0.39 is 76.4 Å². The van der Waals surface area contributed by atoms with Gasteiger partial charge in [0.2, 0.25) is 10.0 Å². The minimum atomic E-state index is -5.35. The summed E-state index contributed by atoms with van der Waals surface area (Å²) in [7, 11) is -5.35. The molecule has 10 nitrogen and oxygen atoms in total. The highest BCUT2D eigenvalue weighted by Gasteiger charge is 2.31. The van der Waals surface area contributed by atoms with E-state index in [0.29, 0.717) is 17.7 Å². The highest BCUT2D eigenvalue weighted by molar-refractivity contribution is 7.89. The lowest BCUT2D eigenvalue weighted by atomic mass is 10.0. The van der Waals surface area contributed by atoms with Crippen molar-refractivity contribution in [2.45, 2.75) is 37.2 Å². The number of sulfonamides is 1. The Balaban J connectivity index is 2.75. The summed E-state index contributed by atoms with van der Waals surface area (Å²) in [4.78, 5) is 20.7. The summed E-state index contributed by atoms with van der Waals surface area (Å²) in [6, 6.07) is 9.22. The average molecular weight is 475 g/mol. The van der Waals surface area contributed by atoms with Gasteiger partial charge in [0.1, 0.15) is 0 Å². The van der Waals surface area contributed by atoms with Crippen molar-refractivity contribution < 1.29 is 40.7 Å². The number of rotatable bonds is 11. The molecule has 0 fully saturated rings. The van der Waals surface area contributed by atoms with E-state index in [4.69, 9.17) is 12.3 Å². The van der Waals surface area contributed by atoms with Crippen LogP contribution < -0.4 is 5.32 Å². The molecule has 1 amide bonds. The van der Waals surface area contributed by atoms with Crippen LogP contribution in [0.5, 0.6) is 0 Å². The predicted octanol–water partition coefficient (Wildman–Crippen LogP) is 2.48. The van der Waals surface area contributed by atoms with Crippen molar-refractivity contribution in [1.29, 1.82) is 0 Å². The second-order valence-corrected chi connectivity index (χ2v) is 8.45. The highest BCUT2D eigenvalue weighted by Crippen LogP contribution is 2.21. The Labute approximate surface area is 199 Å². The quantitative estimate of drug-likeness (QED) is 0.334. The summed E-state index contributed by atoms with van der Waals surface area (Å²) in [5, 5.41) is 33.3. The number of carboxylic acid groups (broad SMARTS) is 1. The predicted molar refractivity (Wildman–Crippen MR) is 118 cm³/mol. The summed E-state index contributed by atoms with van der Waals surface area (Å²) in [5.74, 6) is -4.13. The van der Waals surface area contributed by atoms with Gasteiger partial charge in [-0.05, 0) is 30.0 Å². The molecule has 32 heavy (non-hydrogen) atoms. The van der Waals surface area contributed by atoms with E-state index in [-0.39, 0.29) is 10.7 Å². The van der Waals surface area contributed by atoms with E-state index >= 15 is 0 Å². The first-order valence-corrected chi connectivity index (χ1v) is 10.5. The van der Waals surface area contributed by atoms with Gasteiger partial charge in [0.05, 0.1) is 22.0 Å². The second-order valence-electron chi connectivity index (χ2n) is 6.59. The summed E-state index contributed by atoms with van der Waals surface area (Å²) < 4.78 is 98.5.